The van der Waals surface area contributed by atoms with Crippen LogP contribution < -0.4 is 5.32 Å². The molecule has 0 spiro atoms. The third-order valence-electron chi connectivity index (χ3n) is 3.55. The molecule has 0 bridgehead atoms. The second-order valence-corrected chi connectivity index (χ2v) is 4.86. The molecule has 2 aromatic heterocycles. The van der Waals surface area contributed by atoms with E-state index < -0.39 is 0 Å². The molecule has 100 valence electrons. The molecule has 3 heterocycles. The van der Waals surface area contributed by atoms with Crippen molar-refractivity contribution in [2.24, 2.45) is 0 Å². The molecule has 2 unspecified atom stereocenters. The number of nitrogens with zero attached hydrogens (tertiary/aromatic N) is 3. The highest BCUT2D eigenvalue weighted by atomic mass is 16.5. The van der Waals surface area contributed by atoms with Crippen LogP contribution in [0.1, 0.15) is 19.2 Å². The van der Waals surface area contributed by atoms with Crippen LogP contribution in [0.15, 0.2) is 30.7 Å². The molecule has 5 heteroatoms. The van der Waals surface area contributed by atoms with E-state index in [2.05, 4.69) is 22.2 Å². The van der Waals surface area contributed by atoms with E-state index in [1.54, 1.807) is 6.20 Å². The first-order valence-corrected chi connectivity index (χ1v) is 6.58. The van der Waals surface area contributed by atoms with Gasteiger partial charge in [0.25, 0.3) is 0 Å². The number of hydrogen-bond donors (Lipinski definition) is 1. The number of hydrogen-bond acceptors (Lipinski definition) is 4. The summed E-state index contributed by atoms with van der Waals surface area (Å²) < 4.78 is 7.50. The fourth-order valence-corrected chi connectivity index (χ4v) is 2.37. The van der Waals surface area contributed by atoms with Gasteiger partial charge in [0, 0.05) is 19.0 Å². The van der Waals surface area contributed by atoms with Crippen LogP contribution in [0.5, 0.6) is 0 Å². The van der Waals surface area contributed by atoms with Crippen LogP contribution in [0.4, 0.5) is 5.69 Å². The maximum Gasteiger partial charge on any atom is 0.138 e. The monoisotopic (exact) mass is 258 g/mol. The Hall–Kier alpha value is -1.88. The quantitative estimate of drug-likeness (QED) is 0.916. The van der Waals surface area contributed by atoms with Gasteiger partial charge in [0.2, 0.25) is 0 Å². The summed E-state index contributed by atoms with van der Waals surface area (Å²) in [6.45, 7) is 4.89. The first-order valence-electron chi connectivity index (χ1n) is 6.58. The van der Waals surface area contributed by atoms with E-state index in [4.69, 9.17) is 4.74 Å². The zero-order valence-corrected chi connectivity index (χ0v) is 11.2. The second kappa shape index (κ2) is 5.01. The Morgan fingerprint density at radius 2 is 2.26 bits per heavy atom. The third kappa shape index (κ3) is 2.46. The van der Waals surface area contributed by atoms with Gasteiger partial charge in [-0.3, -0.25) is 4.57 Å². The van der Waals surface area contributed by atoms with Gasteiger partial charge in [-0.2, -0.15) is 0 Å². The van der Waals surface area contributed by atoms with E-state index in [0.717, 1.165) is 30.4 Å². The first-order chi connectivity index (χ1) is 9.24. The molecule has 1 saturated heterocycles. The van der Waals surface area contributed by atoms with Crippen LogP contribution >= 0.6 is 0 Å². The Balaban J connectivity index is 1.74. The van der Waals surface area contributed by atoms with Crippen LogP contribution in [-0.4, -0.2) is 33.3 Å². The smallest absolute Gasteiger partial charge is 0.138 e. The van der Waals surface area contributed by atoms with Gasteiger partial charge in [0.1, 0.15) is 11.6 Å². The van der Waals surface area contributed by atoms with E-state index in [-0.39, 0.29) is 6.10 Å². The van der Waals surface area contributed by atoms with Crippen LogP contribution in [0, 0.1) is 6.92 Å². The van der Waals surface area contributed by atoms with Crippen molar-refractivity contribution in [3.63, 3.8) is 0 Å². The van der Waals surface area contributed by atoms with E-state index in [9.17, 15) is 0 Å². The van der Waals surface area contributed by atoms with Crippen molar-refractivity contribution >= 4 is 5.69 Å². The molecule has 0 radical (unpaired) electrons. The first kappa shape index (κ1) is 12.2. The number of aromatic nitrogens is 3. The minimum absolute atomic E-state index is 0.260. The van der Waals surface area contributed by atoms with Gasteiger partial charge in [-0.1, -0.05) is 0 Å². The number of pyridine rings is 1. The highest BCUT2D eigenvalue weighted by Gasteiger charge is 2.23. The minimum Gasteiger partial charge on any atom is -0.378 e. The van der Waals surface area contributed by atoms with Crippen LogP contribution in [0.25, 0.3) is 5.82 Å². The van der Waals surface area contributed by atoms with Crippen molar-refractivity contribution < 1.29 is 4.74 Å². The zero-order valence-electron chi connectivity index (χ0n) is 11.2. The average molecular weight is 258 g/mol. The summed E-state index contributed by atoms with van der Waals surface area (Å²) in [6, 6.07) is 4.42. The molecule has 1 fully saturated rings. The van der Waals surface area contributed by atoms with Crippen molar-refractivity contribution in [3.05, 3.63) is 36.5 Å². The maximum atomic E-state index is 5.54. The normalized spacial score (nSPS) is 22.6. The predicted octanol–water partition coefficient (Wildman–Crippen LogP) is 2.17. The summed E-state index contributed by atoms with van der Waals surface area (Å²) in [6.07, 6.45) is 6.86. The van der Waals surface area contributed by atoms with Gasteiger partial charge in [0.15, 0.2) is 0 Å². The Morgan fingerprint density at radius 1 is 1.37 bits per heavy atom. The fraction of sp³-hybridized carbons (Fsp3) is 0.429. The van der Waals surface area contributed by atoms with E-state index >= 15 is 0 Å². The van der Waals surface area contributed by atoms with E-state index in [0.29, 0.717) is 6.04 Å². The number of aryl methyl sites for hydroxylation is 1. The summed E-state index contributed by atoms with van der Waals surface area (Å²) in [5.74, 6) is 1.82. The number of imidazole rings is 1. The van der Waals surface area contributed by atoms with Crippen LogP contribution in [0.2, 0.25) is 0 Å². The highest BCUT2D eigenvalue weighted by molar-refractivity contribution is 5.45. The molecule has 2 aromatic rings. The molecule has 3 rings (SSSR count). The molecule has 19 heavy (non-hydrogen) atoms. The molecule has 0 amide bonds. The SMILES string of the molecule is Cc1nccn1-c1ccc(NC2CCOC2C)cn1. The van der Waals surface area contributed by atoms with Crippen molar-refractivity contribution in [1.29, 1.82) is 0 Å². The van der Waals surface area contributed by atoms with Crippen LogP contribution in [0.3, 0.4) is 0 Å². The maximum absolute atomic E-state index is 5.54. The van der Waals surface area contributed by atoms with Gasteiger partial charge >= 0.3 is 0 Å². The number of rotatable bonds is 3. The molecule has 1 aliphatic rings. The lowest BCUT2D eigenvalue weighted by atomic mass is 10.1. The van der Waals surface area contributed by atoms with E-state index in [1.165, 1.54) is 0 Å². The van der Waals surface area contributed by atoms with Gasteiger partial charge in [-0.05, 0) is 32.4 Å². The van der Waals surface area contributed by atoms with Gasteiger partial charge in [-0.25, -0.2) is 9.97 Å². The number of ether oxygens (including phenoxy) is 1. The second-order valence-electron chi connectivity index (χ2n) is 4.86. The minimum atomic E-state index is 0.260. The molecular formula is C14H18N4O. The van der Waals surface area contributed by atoms with Crippen molar-refractivity contribution in [2.45, 2.75) is 32.4 Å². The molecule has 0 aliphatic carbocycles. The highest BCUT2D eigenvalue weighted by Crippen LogP contribution is 2.19. The Kier molecular flexibility index (Phi) is 3.21. The number of nitrogens with one attached hydrogen (secondary N) is 1. The molecule has 5 nitrogen and oxygen atoms in total. The van der Waals surface area contributed by atoms with Crippen molar-refractivity contribution in [3.8, 4) is 5.82 Å². The van der Waals surface area contributed by atoms with Gasteiger partial charge < -0.3 is 10.1 Å². The van der Waals surface area contributed by atoms with E-state index in [1.807, 2.05) is 36.0 Å². The summed E-state index contributed by atoms with van der Waals surface area (Å²) in [7, 11) is 0. The Morgan fingerprint density at radius 3 is 2.84 bits per heavy atom. The predicted molar refractivity (Wildman–Crippen MR) is 73.5 cm³/mol. The third-order valence-corrected chi connectivity index (χ3v) is 3.55. The largest absolute Gasteiger partial charge is 0.378 e. The molecule has 2 atom stereocenters. The lowest BCUT2D eigenvalue weighted by Crippen LogP contribution is -2.26. The zero-order chi connectivity index (χ0) is 13.2. The molecule has 1 N–H and O–H groups in total. The lowest BCUT2D eigenvalue weighted by Gasteiger charge is -2.17. The summed E-state index contributed by atoms with van der Waals surface area (Å²) >= 11 is 0. The standard InChI is InChI=1S/C14H18N4O/c1-10-13(5-8-19-10)17-12-3-4-14(16-9-12)18-7-6-15-11(18)2/h3-4,6-7,9-10,13,17H,5,8H2,1-2H3. The molecular weight excluding hydrogens is 240 g/mol. The fourth-order valence-electron chi connectivity index (χ4n) is 2.37. The number of anilines is 1. The molecule has 0 saturated carbocycles. The average Bonchev–Trinajstić information content (AvgIpc) is 3.00. The Labute approximate surface area is 112 Å². The molecule has 1 aliphatic heterocycles. The van der Waals surface area contributed by atoms with Gasteiger partial charge in [0.05, 0.1) is 24.0 Å². The summed E-state index contributed by atoms with van der Waals surface area (Å²) in [4.78, 5) is 8.67. The van der Waals surface area contributed by atoms with Crippen molar-refractivity contribution in [2.75, 3.05) is 11.9 Å². The summed E-state index contributed by atoms with van der Waals surface area (Å²) in [5, 5.41) is 3.47. The summed E-state index contributed by atoms with van der Waals surface area (Å²) in [5.41, 5.74) is 1.03. The van der Waals surface area contributed by atoms with Crippen LogP contribution in [-0.2, 0) is 4.74 Å². The Bertz CT molecular complexity index is 549. The lowest BCUT2D eigenvalue weighted by molar-refractivity contribution is 0.121. The topological polar surface area (TPSA) is 52.0 Å². The van der Waals surface area contributed by atoms with Crippen molar-refractivity contribution in [1.82, 2.24) is 14.5 Å². The molecule has 0 aromatic carbocycles. The van der Waals surface area contributed by atoms with Gasteiger partial charge in [-0.15, -0.1) is 0 Å².